The van der Waals surface area contributed by atoms with Gasteiger partial charge in [0, 0.05) is 23.2 Å². The molecule has 2 aromatic carbocycles. The fourth-order valence-electron chi connectivity index (χ4n) is 2.30. The molecule has 0 aliphatic heterocycles. The highest BCUT2D eigenvalue weighted by Gasteiger charge is 2.16. The second-order valence-corrected chi connectivity index (χ2v) is 7.24. The Morgan fingerprint density at radius 3 is 2.31 bits per heavy atom. The summed E-state index contributed by atoms with van der Waals surface area (Å²) >= 11 is 6.45. The fraction of sp³-hybridized carbons (Fsp3) is 0.429. The molecule has 3 nitrogen and oxygen atoms in total. The van der Waals surface area contributed by atoms with E-state index in [9.17, 15) is 4.39 Å². The third-order valence-electron chi connectivity index (χ3n) is 4.36. The van der Waals surface area contributed by atoms with Crippen LogP contribution in [-0.2, 0) is 13.2 Å². The minimum absolute atomic E-state index is 0.0346. The zero-order valence-corrected chi connectivity index (χ0v) is 16.6. The number of ether oxygens (including phenoxy) is 2. The maximum absolute atomic E-state index is 13.0. The summed E-state index contributed by atoms with van der Waals surface area (Å²) in [5.41, 5.74) is 1.87. The summed E-state index contributed by atoms with van der Waals surface area (Å²) < 4.78 is 24.6. The Kier molecular flexibility index (Phi) is 7.30. The Hall–Kier alpha value is -1.78. The number of nitrogens with one attached hydrogen (secondary N) is 1. The summed E-state index contributed by atoms with van der Waals surface area (Å²) in [6.45, 7) is 9.88. The van der Waals surface area contributed by atoms with Crippen molar-refractivity contribution in [3.8, 4) is 11.5 Å². The van der Waals surface area contributed by atoms with Crippen LogP contribution in [0.2, 0.25) is 5.02 Å². The molecule has 0 saturated carbocycles. The van der Waals surface area contributed by atoms with Crippen molar-refractivity contribution in [2.24, 2.45) is 0 Å². The van der Waals surface area contributed by atoms with Crippen molar-refractivity contribution < 1.29 is 13.9 Å². The Balaban J connectivity index is 2.15. The highest BCUT2D eigenvalue weighted by molar-refractivity contribution is 6.31. The number of hydrogen-bond donors (Lipinski definition) is 1. The second-order valence-electron chi connectivity index (χ2n) is 6.83. The summed E-state index contributed by atoms with van der Waals surface area (Å²) in [6.07, 6.45) is 1.02. The minimum Gasteiger partial charge on any atom is -0.490 e. The van der Waals surface area contributed by atoms with Gasteiger partial charge in [0.05, 0.1) is 6.61 Å². The van der Waals surface area contributed by atoms with Crippen LogP contribution in [-0.4, -0.2) is 12.1 Å². The highest BCUT2D eigenvalue weighted by atomic mass is 35.5. The first-order valence-corrected chi connectivity index (χ1v) is 9.30. The molecule has 0 aliphatic carbocycles. The molecule has 0 unspecified atom stereocenters. The van der Waals surface area contributed by atoms with Gasteiger partial charge in [0.25, 0.3) is 0 Å². The van der Waals surface area contributed by atoms with E-state index < -0.39 is 0 Å². The van der Waals surface area contributed by atoms with Gasteiger partial charge in [-0.2, -0.15) is 0 Å². The standard InChI is InChI=1S/C21H27ClFNO2/c1-5-21(3,4)24-13-16-11-19(25-6-2)20(12-18(16)22)26-14-15-7-9-17(23)10-8-15/h7-12,24H,5-6,13-14H2,1-4H3. The molecule has 2 rings (SSSR count). The van der Waals surface area contributed by atoms with Crippen LogP contribution < -0.4 is 14.8 Å². The SMILES string of the molecule is CCOc1cc(CNC(C)(C)CC)c(Cl)cc1OCc1ccc(F)cc1. The van der Waals surface area contributed by atoms with Crippen molar-refractivity contribution >= 4 is 11.6 Å². The van der Waals surface area contributed by atoms with Gasteiger partial charge in [-0.15, -0.1) is 0 Å². The first kappa shape index (κ1) is 20.5. The van der Waals surface area contributed by atoms with Crippen LogP contribution in [0.4, 0.5) is 4.39 Å². The molecule has 26 heavy (non-hydrogen) atoms. The maximum Gasteiger partial charge on any atom is 0.163 e. The van der Waals surface area contributed by atoms with Crippen molar-refractivity contribution in [3.05, 3.63) is 58.4 Å². The lowest BCUT2D eigenvalue weighted by Gasteiger charge is -2.25. The van der Waals surface area contributed by atoms with Crippen LogP contribution in [0.3, 0.4) is 0 Å². The molecule has 0 atom stereocenters. The number of halogens is 2. The van der Waals surface area contributed by atoms with Crippen LogP contribution in [0.25, 0.3) is 0 Å². The number of hydrogen-bond acceptors (Lipinski definition) is 3. The molecular weight excluding hydrogens is 353 g/mol. The van der Waals surface area contributed by atoms with Gasteiger partial charge < -0.3 is 14.8 Å². The Labute approximate surface area is 160 Å². The smallest absolute Gasteiger partial charge is 0.163 e. The normalized spacial score (nSPS) is 11.5. The molecule has 0 fully saturated rings. The van der Waals surface area contributed by atoms with E-state index >= 15 is 0 Å². The van der Waals surface area contributed by atoms with Gasteiger partial charge in [0.1, 0.15) is 12.4 Å². The monoisotopic (exact) mass is 379 g/mol. The lowest BCUT2D eigenvalue weighted by Crippen LogP contribution is -2.37. The molecular formula is C21H27ClFNO2. The molecule has 0 radical (unpaired) electrons. The van der Waals surface area contributed by atoms with Gasteiger partial charge in [-0.1, -0.05) is 30.7 Å². The summed E-state index contributed by atoms with van der Waals surface area (Å²) in [5, 5.41) is 4.13. The fourth-order valence-corrected chi connectivity index (χ4v) is 2.52. The Morgan fingerprint density at radius 2 is 1.69 bits per heavy atom. The highest BCUT2D eigenvalue weighted by Crippen LogP contribution is 2.34. The van der Waals surface area contributed by atoms with Crippen molar-refractivity contribution in [2.75, 3.05) is 6.61 Å². The zero-order chi connectivity index (χ0) is 19.2. The molecule has 0 heterocycles. The van der Waals surface area contributed by atoms with Crippen LogP contribution in [0, 0.1) is 5.82 Å². The Bertz CT molecular complexity index is 717. The molecule has 0 saturated heterocycles. The minimum atomic E-state index is -0.265. The molecule has 142 valence electrons. The van der Waals surface area contributed by atoms with Crippen LogP contribution in [0.15, 0.2) is 36.4 Å². The molecule has 2 aromatic rings. The average Bonchev–Trinajstić information content (AvgIpc) is 2.62. The van der Waals surface area contributed by atoms with Gasteiger partial charge in [-0.25, -0.2) is 4.39 Å². The van der Waals surface area contributed by atoms with E-state index in [2.05, 4.69) is 26.1 Å². The van der Waals surface area contributed by atoms with Crippen LogP contribution in [0.1, 0.15) is 45.2 Å². The van der Waals surface area contributed by atoms with Crippen LogP contribution >= 0.6 is 11.6 Å². The molecule has 5 heteroatoms. The van der Waals surface area contributed by atoms with Crippen LogP contribution in [0.5, 0.6) is 11.5 Å². The summed E-state index contributed by atoms with van der Waals surface area (Å²) in [7, 11) is 0. The van der Waals surface area contributed by atoms with Gasteiger partial charge in [-0.05, 0) is 56.5 Å². The van der Waals surface area contributed by atoms with E-state index in [-0.39, 0.29) is 11.4 Å². The zero-order valence-electron chi connectivity index (χ0n) is 15.9. The van der Waals surface area contributed by atoms with E-state index in [0.29, 0.717) is 36.3 Å². The van der Waals surface area contributed by atoms with Gasteiger partial charge >= 0.3 is 0 Å². The largest absolute Gasteiger partial charge is 0.490 e. The molecule has 0 aliphatic rings. The molecule has 0 amide bonds. The molecule has 0 spiro atoms. The molecule has 0 bridgehead atoms. The van der Waals surface area contributed by atoms with Gasteiger partial charge in [-0.3, -0.25) is 0 Å². The lowest BCUT2D eigenvalue weighted by molar-refractivity contribution is 0.269. The average molecular weight is 380 g/mol. The molecule has 1 N–H and O–H groups in total. The summed E-state index contributed by atoms with van der Waals surface area (Å²) in [4.78, 5) is 0. The topological polar surface area (TPSA) is 30.5 Å². The van der Waals surface area contributed by atoms with Crippen molar-refractivity contribution in [1.82, 2.24) is 5.32 Å². The predicted octanol–water partition coefficient (Wildman–Crippen LogP) is 5.74. The van der Waals surface area contributed by atoms with Crippen molar-refractivity contribution in [1.29, 1.82) is 0 Å². The second kappa shape index (κ2) is 9.24. The quantitative estimate of drug-likeness (QED) is 0.603. The Morgan fingerprint density at radius 1 is 1.04 bits per heavy atom. The van der Waals surface area contributed by atoms with E-state index in [1.54, 1.807) is 18.2 Å². The van der Waals surface area contributed by atoms with E-state index in [0.717, 1.165) is 17.5 Å². The van der Waals surface area contributed by atoms with Crippen molar-refractivity contribution in [3.63, 3.8) is 0 Å². The van der Waals surface area contributed by atoms with Gasteiger partial charge in [0.15, 0.2) is 11.5 Å². The van der Waals surface area contributed by atoms with Crippen molar-refractivity contribution in [2.45, 2.75) is 52.8 Å². The predicted molar refractivity (Wildman–Crippen MR) is 105 cm³/mol. The first-order chi connectivity index (χ1) is 12.3. The third kappa shape index (κ3) is 5.89. The lowest BCUT2D eigenvalue weighted by atomic mass is 10.0. The molecule has 0 aromatic heterocycles. The first-order valence-electron chi connectivity index (χ1n) is 8.92. The van der Waals surface area contributed by atoms with E-state index in [4.69, 9.17) is 21.1 Å². The number of rotatable bonds is 9. The maximum atomic E-state index is 13.0. The van der Waals surface area contributed by atoms with Gasteiger partial charge in [0.2, 0.25) is 0 Å². The summed E-state index contributed by atoms with van der Waals surface area (Å²) in [5.74, 6) is 0.975. The third-order valence-corrected chi connectivity index (χ3v) is 4.71. The van der Waals surface area contributed by atoms with E-state index in [1.165, 1.54) is 12.1 Å². The summed E-state index contributed by atoms with van der Waals surface area (Å²) in [6, 6.07) is 9.93. The number of benzene rings is 2. The van der Waals surface area contributed by atoms with E-state index in [1.807, 2.05) is 13.0 Å².